The quantitative estimate of drug-likeness (QED) is 0.575. The molecule has 0 aliphatic carbocycles. The molecule has 0 unspecified atom stereocenters. The van der Waals surface area contributed by atoms with Crippen LogP contribution in [0.4, 0.5) is 17.1 Å². The topological polar surface area (TPSA) is 75.5 Å². The Hall–Kier alpha value is -2.31. The van der Waals surface area contributed by atoms with Crippen molar-refractivity contribution in [3.8, 4) is 0 Å². The van der Waals surface area contributed by atoms with Gasteiger partial charge in [-0.15, -0.1) is 0 Å². The van der Waals surface area contributed by atoms with Crippen LogP contribution in [-0.4, -0.2) is 23.9 Å². The van der Waals surface area contributed by atoms with Crippen molar-refractivity contribution in [3.63, 3.8) is 0 Å². The zero-order valence-electron chi connectivity index (χ0n) is 13.9. The highest BCUT2D eigenvalue weighted by atomic mass is 35.5. The Bertz CT molecular complexity index is 852. The highest BCUT2D eigenvalue weighted by molar-refractivity contribution is 6.35. The summed E-state index contributed by atoms with van der Waals surface area (Å²) in [5.41, 5.74) is 1.49. The van der Waals surface area contributed by atoms with E-state index >= 15 is 0 Å². The van der Waals surface area contributed by atoms with E-state index in [1.54, 1.807) is 12.1 Å². The van der Waals surface area contributed by atoms with E-state index in [0.717, 1.165) is 37.7 Å². The molecule has 1 amide bonds. The van der Waals surface area contributed by atoms with E-state index in [0.29, 0.717) is 10.7 Å². The van der Waals surface area contributed by atoms with Crippen LogP contribution in [0.25, 0.3) is 0 Å². The van der Waals surface area contributed by atoms with Crippen LogP contribution < -0.4 is 10.2 Å². The van der Waals surface area contributed by atoms with Crippen molar-refractivity contribution in [1.82, 2.24) is 0 Å². The number of nitrogens with one attached hydrogen (secondary N) is 1. The van der Waals surface area contributed by atoms with Crippen LogP contribution in [0.3, 0.4) is 0 Å². The second-order valence-electron chi connectivity index (χ2n) is 6.09. The first-order valence-electron chi connectivity index (χ1n) is 8.25. The second kappa shape index (κ2) is 7.93. The number of nitro benzene ring substituents is 1. The summed E-state index contributed by atoms with van der Waals surface area (Å²) < 4.78 is 0. The lowest BCUT2D eigenvalue weighted by molar-refractivity contribution is -0.384. The maximum Gasteiger partial charge on any atom is 0.270 e. The summed E-state index contributed by atoms with van der Waals surface area (Å²) in [6, 6.07) is 9.10. The van der Waals surface area contributed by atoms with E-state index in [4.69, 9.17) is 23.2 Å². The van der Waals surface area contributed by atoms with Crippen LogP contribution in [0.15, 0.2) is 36.4 Å². The van der Waals surface area contributed by atoms with E-state index in [1.807, 2.05) is 6.07 Å². The molecule has 0 aromatic heterocycles. The molecule has 2 aromatic rings. The van der Waals surface area contributed by atoms with E-state index in [2.05, 4.69) is 10.2 Å². The Morgan fingerprint density at radius 2 is 1.77 bits per heavy atom. The van der Waals surface area contributed by atoms with Crippen LogP contribution in [0.5, 0.6) is 0 Å². The van der Waals surface area contributed by atoms with Crippen molar-refractivity contribution < 1.29 is 9.72 Å². The van der Waals surface area contributed by atoms with Gasteiger partial charge in [0, 0.05) is 30.9 Å². The van der Waals surface area contributed by atoms with Crippen LogP contribution >= 0.6 is 23.2 Å². The fourth-order valence-electron chi connectivity index (χ4n) is 2.98. The minimum atomic E-state index is -0.563. The number of non-ortho nitro benzene ring substituents is 1. The largest absolute Gasteiger partial charge is 0.370 e. The van der Waals surface area contributed by atoms with Gasteiger partial charge in [-0.1, -0.05) is 23.2 Å². The second-order valence-corrected chi connectivity index (χ2v) is 6.90. The molecule has 1 saturated heterocycles. The van der Waals surface area contributed by atoms with Gasteiger partial charge >= 0.3 is 0 Å². The van der Waals surface area contributed by atoms with Crippen molar-refractivity contribution >= 4 is 46.2 Å². The summed E-state index contributed by atoms with van der Waals surface area (Å²) in [5, 5.41) is 14.1. The fourth-order valence-corrected chi connectivity index (χ4v) is 3.54. The van der Waals surface area contributed by atoms with E-state index in [9.17, 15) is 14.9 Å². The first kappa shape index (κ1) is 18.5. The molecule has 0 saturated carbocycles. The molecule has 1 heterocycles. The summed E-state index contributed by atoms with van der Waals surface area (Å²) in [6.45, 7) is 1.95. The number of carbonyl (C=O) groups is 1. The maximum absolute atomic E-state index is 12.4. The molecule has 136 valence electrons. The lowest BCUT2D eigenvalue weighted by Crippen LogP contribution is -2.29. The number of halogens is 2. The first-order valence-corrected chi connectivity index (χ1v) is 9.01. The van der Waals surface area contributed by atoms with Gasteiger partial charge in [-0.25, -0.2) is 0 Å². The Labute approximate surface area is 160 Å². The van der Waals surface area contributed by atoms with Crippen molar-refractivity contribution in [3.05, 3.63) is 62.1 Å². The summed E-state index contributed by atoms with van der Waals surface area (Å²) in [7, 11) is 0. The van der Waals surface area contributed by atoms with Gasteiger partial charge in [-0.3, -0.25) is 14.9 Å². The van der Waals surface area contributed by atoms with Gasteiger partial charge in [0.15, 0.2) is 0 Å². The molecule has 2 aromatic carbocycles. The number of amides is 1. The number of piperidine rings is 1. The van der Waals surface area contributed by atoms with E-state index in [-0.39, 0.29) is 16.3 Å². The maximum atomic E-state index is 12.4. The van der Waals surface area contributed by atoms with Gasteiger partial charge in [0.1, 0.15) is 0 Å². The third-order valence-electron chi connectivity index (χ3n) is 4.31. The van der Waals surface area contributed by atoms with Gasteiger partial charge in [0.2, 0.25) is 0 Å². The van der Waals surface area contributed by atoms with Gasteiger partial charge in [-0.05, 0) is 43.5 Å². The molecule has 1 aliphatic rings. The van der Waals surface area contributed by atoms with Crippen LogP contribution in [0.2, 0.25) is 10.0 Å². The van der Waals surface area contributed by atoms with Gasteiger partial charge in [0.25, 0.3) is 11.6 Å². The standard InChI is InChI=1S/C18H17Cl2N3O3/c19-15-11-13(23(25)26)5-6-14(15)18(24)21-12-4-7-17(16(20)10-12)22-8-2-1-3-9-22/h4-7,10-11H,1-3,8-9H2,(H,21,24). The number of hydrogen-bond donors (Lipinski definition) is 1. The molecule has 0 atom stereocenters. The van der Waals surface area contributed by atoms with Crippen LogP contribution in [-0.2, 0) is 0 Å². The van der Waals surface area contributed by atoms with Crippen LogP contribution in [0, 0.1) is 10.1 Å². The van der Waals surface area contributed by atoms with Crippen molar-refractivity contribution in [2.24, 2.45) is 0 Å². The van der Waals surface area contributed by atoms with Crippen LogP contribution in [0.1, 0.15) is 29.6 Å². The number of benzene rings is 2. The van der Waals surface area contributed by atoms with Crippen molar-refractivity contribution in [1.29, 1.82) is 0 Å². The predicted molar refractivity (Wildman–Crippen MR) is 104 cm³/mol. The van der Waals surface area contributed by atoms with Crippen molar-refractivity contribution in [2.75, 3.05) is 23.3 Å². The van der Waals surface area contributed by atoms with E-state index < -0.39 is 10.8 Å². The first-order chi connectivity index (χ1) is 12.5. The smallest absolute Gasteiger partial charge is 0.270 e. The summed E-state index contributed by atoms with van der Waals surface area (Å²) in [4.78, 5) is 24.8. The lowest BCUT2D eigenvalue weighted by atomic mass is 10.1. The highest BCUT2D eigenvalue weighted by Crippen LogP contribution is 2.31. The molecule has 8 heteroatoms. The lowest BCUT2D eigenvalue weighted by Gasteiger charge is -2.29. The molecular weight excluding hydrogens is 377 g/mol. The predicted octanol–water partition coefficient (Wildman–Crippen LogP) is 5.14. The zero-order valence-corrected chi connectivity index (χ0v) is 15.4. The molecule has 1 N–H and O–H groups in total. The summed E-state index contributed by atoms with van der Waals surface area (Å²) >= 11 is 12.4. The Morgan fingerprint density at radius 3 is 2.38 bits per heavy atom. The third-order valence-corrected chi connectivity index (χ3v) is 4.93. The molecule has 1 aliphatic heterocycles. The number of anilines is 2. The fraction of sp³-hybridized carbons (Fsp3) is 0.278. The molecule has 0 radical (unpaired) electrons. The molecule has 3 rings (SSSR count). The molecule has 0 spiro atoms. The van der Waals surface area contributed by atoms with Gasteiger partial charge < -0.3 is 10.2 Å². The third kappa shape index (κ3) is 4.08. The Kier molecular flexibility index (Phi) is 5.64. The summed E-state index contributed by atoms with van der Waals surface area (Å²) in [5.74, 6) is -0.452. The molecule has 1 fully saturated rings. The SMILES string of the molecule is O=C(Nc1ccc(N2CCCCC2)c(Cl)c1)c1ccc([N+](=O)[O-])cc1Cl. The average Bonchev–Trinajstić information content (AvgIpc) is 2.62. The Morgan fingerprint density at radius 1 is 1.04 bits per heavy atom. The average molecular weight is 394 g/mol. The monoisotopic (exact) mass is 393 g/mol. The number of nitro groups is 1. The number of nitrogens with zero attached hydrogens (tertiary/aromatic N) is 2. The number of carbonyl (C=O) groups excluding carboxylic acids is 1. The minimum absolute atomic E-state index is 0.0210. The molecule has 26 heavy (non-hydrogen) atoms. The molecule has 0 bridgehead atoms. The normalized spacial score (nSPS) is 14.2. The van der Waals surface area contributed by atoms with E-state index in [1.165, 1.54) is 18.6 Å². The van der Waals surface area contributed by atoms with Gasteiger partial charge in [0.05, 0.1) is 26.2 Å². The molecule has 6 nitrogen and oxygen atoms in total. The minimum Gasteiger partial charge on any atom is -0.370 e. The summed E-state index contributed by atoms with van der Waals surface area (Å²) in [6.07, 6.45) is 3.53. The molecular formula is C18H17Cl2N3O3. The van der Waals surface area contributed by atoms with Crippen molar-refractivity contribution in [2.45, 2.75) is 19.3 Å². The van der Waals surface area contributed by atoms with Gasteiger partial charge in [-0.2, -0.15) is 0 Å². The number of hydrogen-bond acceptors (Lipinski definition) is 4. The number of rotatable bonds is 4. The Balaban J connectivity index is 1.75. The highest BCUT2D eigenvalue weighted by Gasteiger charge is 2.17. The zero-order chi connectivity index (χ0) is 18.7.